The highest BCUT2D eigenvalue weighted by Crippen LogP contribution is 2.16. The van der Waals surface area contributed by atoms with Crippen LogP contribution in [-0.2, 0) is 4.79 Å². The highest BCUT2D eigenvalue weighted by molar-refractivity contribution is 5.96. The Morgan fingerprint density at radius 1 is 1.00 bits per heavy atom. The van der Waals surface area contributed by atoms with Crippen LogP contribution in [0.3, 0.4) is 0 Å². The predicted octanol–water partition coefficient (Wildman–Crippen LogP) is 1.84. The highest BCUT2D eigenvalue weighted by Gasteiger charge is 2.18. The molecule has 0 unspecified atom stereocenters. The van der Waals surface area contributed by atoms with Gasteiger partial charge in [-0.2, -0.15) is 0 Å². The molecule has 1 fully saturated rings. The zero-order valence-corrected chi connectivity index (χ0v) is 16.7. The number of rotatable bonds is 7. The topological polar surface area (TPSA) is 55.9 Å². The summed E-state index contributed by atoms with van der Waals surface area (Å²) in [5.74, 6) is -0.557. The molecule has 2 amide bonds. The first-order valence-electron chi connectivity index (χ1n) is 9.83. The lowest BCUT2D eigenvalue weighted by atomic mass is 10.2. The van der Waals surface area contributed by atoms with Crippen molar-refractivity contribution in [2.75, 3.05) is 57.8 Å². The minimum atomic E-state index is -0.223. The summed E-state index contributed by atoms with van der Waals surface area (Å²) in [6.07, 6.45) is 0. The van der Waals surface area contributed by atoms with Gasteiger partial charge in [0.1, 0.15) is 5.82 Å². The van der Waals surface area contributed by atoms with E-state index < -0.39 is 0 Å². The van der Waals surface area contributed by atoms with E-state index in [-0.39, 0.29) is 24.2 Å². The van der Waals surface area contributed by atoms with E-state index in [0.29, 0.717) is 12.1 Å². The van der Waals surface area contributed by atoms with Crippen LogP contribution in [0.1, 0.15) is 10.4 Å². The summed E-state index contributed by atoms with van der Waals surface area (Å²) in [4.78, 5) is 30.4. The number of carbonyl (C=O) groups is 2. The van der Waals surface area contributed by atoms with Gasteiger partial charge >= 0.3 is 0 Å². The minimum Gasteiger partial charge on any atom is -0.369 e. The molecule has 0 aromatic heterocycles. The number of benzene rings is 2. The summed E-state index contributed by atoms with van der Waals surface area (Å²) in [7, 11) is 1.63. The zero-order valence-electron chi connectivity index (χ0n) is 16.7. The van der Waals surface area contributed by atoms with Crippen molar-refractivity contribution in [3.63, 3.8) is 0 Å². The second-order valence-corrected chi connectivity index (χ2v) is 7.18. The number of carbonyl (C=O) groups excluding carboxylic acids is 2. The number of piperazine rings is 1. The first-order chi connectivity index (χ1) is 14.0. The number of hydrogen-bond acceptors (Lipinski definition) is 4. The molecular weight excluding hydrogens is 371 g/mol. The van der Waals surface area contributed by atoms with E-state index in [9.17, 15) is 14.0 Å². The summed E-state index contributed by atoms with van der Waals surface area (Å²) in [5.41, 5.74) is 1.60. The van der Waals surface area contributed by atoms with Crippen LogP contribution < -0.4 is 10.2 Å². The fraction of sp³-hybridized carbons (Fsp3) is 0.364. The number of amides is 2. The van der Waals surface area contributed by atoms with E-state index in [4.69, 9.17) is 0 Å². The summed E-state index contributed by atoms with van der Waals surface area (Å²) in [6, 6.07) is 15.5. The van der Waals surface area contributed by atoms with Gasteiger partial charge in [0.15, 0.2) is 0 Å². The second kappa shape index (κ2) is 10.0. The van der Waals surface area contributed by atoms with E-state index in [0.717, 1.165) is 38.4 Å². The molecule has 6 nitrogen and oxygen atoms in total. The number of halogens is 1. The van der Waals surface area contributed by atoms with Crippen LogP contribution in [0, 0.1) is 5.82 Å². The minimum absolute atomic E-state index is 0.0338. The number of likely N-dealkylation sites (N-methyl/N-ethyl adjacent to an activating group) is 1. The maximum absolute atomic E-state index is 13.0. The van der Waals surface area contributed by atoms with Crippen molar-refractivity contribution in [1.82, 2.24) is 15.1 Å². The molecule has 0 spiro atoms. The Kier molecular flexibility index (Phi) is 7.19. The van der Waals surface area contributed by atoms with Gasteiger partial charge in [-0.3, -0.25) is 14.5 Å². The molecule has 1 heterocycles. The maximum atomic E-state index is 13.0. The van der Waals surface area contributed by atoms with Crippen LogP contribution in [0.25, 0.3) is 0 Å². The first kappa shape index (κ1) is 20.8. The fourth-order valence-electron chi connectivity index (χ4n) is 3.38. The lowest BCUT2D eigenvalue weighted by Crippen LogP contribution is -2.49. The molecule has 2 aromatic carbocycles. The van der Waals surface area contributed by atoms with Crippen LogP contribution in [0.5, 0.6) is 0 Å². The molecule has 154 valence electrons. The first-order valence-corrected chi connectivity index (χ1v) is 9.83. The largest absolute Gasteiger partial charge is 0.369 e. The quantitative estimate of drug-likeness (QED) is 0.773. The third-order valence-corrected chi connectivity index (χ3v) is 5.06. The Balaban J connectivity index is 1.34. The Labute approximate surface area is 170 Å². The average molecular weight is 398 g/mol. The van der Waals surface area contributed by atoms with Gasteiger partial charge in [0.05, 0.1) is 6.54 Å². The zero-order chi connectivity index (χ0) is 20.6. The predicted molar refractivity (Wildman–Crippen MR) is 111 cm³/mol. The highest BCUT2D eigenvalue weighted by atomic mass is 19.1. The molecule has 0 aliphatic carbocycles. The fourth-order valence-corrected chi connectivity index (χ4v) is 3.38. The standard InChI is InChI=1S/C22H27FN4O2/c1-25(22(29)18-5-3-2-4-6-18)17-21(28)24-11-12-26-13-15-27(16-14-26)20-9-7-19(23)8-10-20/h2-10H,11-17H2,1H3,(H,24,28). The van der Waals surface area contributed by atoms with Crippen LogP contribution >= 0.6 is 0 Å². The van der Waals surface area contributed by atoms with Crippen molar-refractivity contribution in [2.45, 2.75) is 0 Å². The summed E-state index contributed by atoms with van der Waals surface area (Å²) < 4.78 is 13.0. The van der Waals surface area contributed by atoms with Crippen LogP contribution in [0.15, 0.2) is 54.6 Å². The molecule has 2 aromatic rings. The van der Waals surface area contributed by atoms with Gasteiger partial charge in [-0.05, 0) is 36.4 Å². The van der Waals surface area contributed by atoms with E-state index in [1.54, 1.807) is 43.4 Å². The molecule has 29 heavy (non-hydrogen) atoms. The molecule has 0 saturated carbocycles. The van der Waals surface area contributed by atoms with Gasteiger partial charge in [0, 0.05) is 57.6 Å². The van der Waals surface area contributed by atoms with Gasteiger partial charge in [0.2, 0.25) is 5.91 Å². The van der Waals surface area contributed by atoms with E-state index >= 15 is 0 Å². The molecule has 0 atom stereocenters. The van der Waals surface area contributed by atoms with Gasteiger partial charge in [-0.15, -0.1) is 0 Å². The van der Waals surface area contributed by atoms with Crippen molar-refractivity contribution in [3.8, 4) is 0 Å². The van der Waals surface area contributed by atoms with Crippen molar-refractivity contribution < 1.29 is 14.0 Å². The Hall–Kier alpha value is -2.93. The number of hydrogen-bond donors (Lipinski definition) is 1. The van der Waals surface area contributed by atoms with Crippen LogP contribution in [0.4, 0.5) is 10.1 Å². The average Bonchev–Trinajstić information content (AvgIpc) is 2.75. The Morgan fingerprint density at radius 3 is 2.31 bits per heavy atom. The van der Waals surface area contributed by atoms with E-state index in [1.807, 2.05) is 6.07 Å². The molecule has 1 aliphatic heterocycles. The molecule has 1 saturated heterocycles. The van der Waals surface area contributed by atoms with Crippen molar-refractivity contribution >= 4 is 17.5 Å². The molecule has 3 rings (SSSR count). The van der Waals surface area contributed by atoms with Gasteiger partial charge < -0.3 is 15.1 Å². The molecule has 7 heteroatoms. The van der Waals surface area contributed by atoms with Crippen LogP contribution in [0.2, 0.25) is 0 Å². The number of nitrogens with one attached hydrogen (secondary N) is 1. The smallest absolute Gasteiger partial charge is 0.254 e. The summed E-state index contributed by atoms with van der Waals surface area (Å²) in [5, 5.41) is 2.89. The SMILES string of the molecule is CN(CC(=O)NCCN1CCN(c2ccc(F)cc2)CC1)C(=O)c1ccccc1. The lowest BCUT2D eigenvalue weighted by Gasteiger charge is -2.36. The number of nitrogens with zero attached hydrogens (tertiary/aromatic N) is 3. The second-order valence-electron chi connectivity index (χ2n) is 7.18. The Bertz CT molecular complexity index is 805. The molecule has 1 N–H and O–H groups in total. The van der Waals surface area contributed by atoms with E-state index in [2.05, 4.69) is 15.1 Å². The normalized spacial score (nSPS) is 14.5. The summed E-state index contributed by atoms with van der Waals surface area (Å²) in [6.45, 7) is 4.86. The molecule has 0 radical (unpaired) electrons. The van der Waals surface area contributed by atoms with Gasteiger partial charge in [-0.1, -0.05) is 18.2 Å². The molecule has 1 aliphatic rings. The monoisotopic (exact) mass is 398 g/mol. The van der Waals surface area contributed by atoms with Gasteiger partial charge in [0.25, 0.3) is 5.91 Å². The van der Waals surface area contributed by atoms with Crippen molar-refractivity contribution in [3.05, 3.63) is 66.0 Å². The molecule has 0 bridgehead atoms. The van der Waals surface area contributed by atoms with Crippen LogP contribution in [-0.4, -0.2) is 74.5 Å². The van der Waals surface area contributed by atoms with Gasteiger partial charge in [-0.25, -0.2) is 4.39 Å². The van der Waals surface area contributed by atoms with Crippen molar-refractivity contribution in [1.29, 1.82) is 0 Å². The third kappa shape index (κ3) is 6.02. The molecular formula is C22H27FN4O2. The van der Waals surface area contributed by atoms with E-state index in [1.165, 1.54) is 17.0 Å². The van der Waals surface area contributed by atoms with Crippen molar-refractivity contribution in [2.24, 2.45) is 0 Å². The summed E-state index contributed by atoms with van der Waals surface area (Å²) >= 11 is 0. The Morgan fingerprint density at radius 2 is 1.66 bits per heavy atom. The lowest BCUT2D eigenvalue weighted by molar-refractivity contribution is -0.121. The maximum Gasteiger partial charge on any atom is 0.254 e. The number of anilines is 1. The third-order valence-electron chi connectivity index (χ3n) is 5.06.